The van der Waals surface area contributed by atoms with Crippen molar-refractivity contribution < 1.29 is 4.79 Å². The van der Waals surface area contributed by atoms with Crippen LogP contribution in [0, 0.1) is 0 Å². The number of aromatic nitrogens is 3. The summed E-state index contributed by atoms with van der Waals surface area (Å²) in [7, 11) is 1.72. The van der Waals surface area contributed by atoms with E-state index < -0.39 is 5.41 Å². The Morgan fingerprint density at radius 2 is 1.88 bits per heavy atom. The number of benzene rings is 1. The van der Waals surface area contributed by atoms with Crippen LogP contribution in [0.3, 0.4) is 0 Å². The average molecular weight is 229 g/mol. The Morgan fingerprint density at radius 3 is 2.41 bits per heavy atom. The minimum atomic E-state index is -0.573. The Kier molecular flexibility index (Phi) is 2.79. The van der Waals surface area contributed by atoms with Gasteiger partial charge in [-0.3, -0.25) is 4.79 Å². The molecule has 0 aliphatic rings. The first-order chi connectivity index (χ1) is 8.03. The van der Waals surface area contributed by atoms with Crippen LogP contribution in [0.25, 0.3) is 0 Å². The van der Waals surface area contributed by atoms with E-state index in [1.807, 2.05) is 44.2 Å². The van der Waals surface area contributed by atoms with E-state index in [1.54, 1.807) is 7.05 Å². The van der Waals surface area contributed by atoms with Crippen LogP contribution in [-0.4, -0.2) is 20.8 Å². The lowest BCUT2D eigenvalue weighted by Crippen LogP contribution is -2.30. The lowest BCUT2D eigenvalue weighted by Gasteiger charge is -2.23. The molecule has 0 atom stereocenters. The third kappa shape index (κ3) is 1.98. The van der Waals surface area contributed by atoms with E-state index in [0.717, 1.165) is 5.56 Å². The van der Waals surface area contributed by atoms with E-state index in [0.29, 0.717) is 5.69 Å². The molecule has 0 saturated heterocycles. The van der Waals surface area contributed by atoms with Crippen molar-refractivity contribution in [2.45, 2.75) is 19.3 Å². The molecule has 0 amide bonds. The molecule has 0 saturated carbocycles. The van der Waals surface area contributed by atoms with E-state index in [2.05, 4.69) is 10.3 Å². The summed E-state index contributed by atoms with van der Waals surface area (Å²) in [6.07, 6.45) is 1.51. The molecule has 0 unspecified atom stereocenters. The van der Waals surface area contributed by atoms with Crippen molar-refractivity contribution >= 4 is 5.78 Å². The first-order valence-electron chi connectivity index (χ1n) is 5.48. The van der Waals surface area contributed by atoms with Crippen LogP contribution < -0.4 is 0 Å². The standard InChI is InChI=1S/C13H15N3O/c1-13(2,10-7-5-4-6-8-10)12(17)11-9-14-15-16(11)3/h4-9H,1-3H3. The minimum absolute atomic E-state index is 0.0243. The average Bonchev–Trinajstić information content (AvgIpc) is 2.75. The Morgan fingerprint density at radius 1 is 1.24 bits per heavy atom. The van der Waals surface area contributed by atoms with Crippen molar-refractivity contribution in [3.63, 3.8) is 0 Å². The van der Waals surface area contributed by atoms with E-state index >= 15 is 0 Å². The molecular weight excluding hydrogens is 214 g/mol. The van der Waals surface area contributed by atoms with E-state index in [-0.39, 0.29) is 5.78 Å². The van der Waals surface area contributed by atoms with Crippen molar-refractivity contribution in [2.75, 3.05) is 0 Å². The van der Waals surface area contributed by atoms with Crippen LogP contribution in [0.2, 0.25) is 0 Å². The molecule has 1 aromatic heterocycles. The van der Waals surface area contributed by atoms with Crippen LogP contribution in [0.15, 0.2) is 36.5 Å². The maximum Gasteiger partial charge on any atom is 0.192 e. The fourth-order valence-corrected chi connectivity index (χ4v) is 1.80. The summed E-state index contributed by atoms with van der Waals surface area (Å²) in [5.74, 6) is 0.0243. The van der Waals surface area contributed by atoms with Crippen molar-refractivity contribution in [3.8, 4) is 0 Å². The van der Waals surface area contributed by atoms with Crippen LogP contribution in [0.4, 0.5) is 0 Å². The van der Waals surface area contributed by atoms with Crippen molar-refractivity contribution in [1.29, 1.82) is 0 Å². The van der Waals surface area contributed by atoms with Gasteiger partial charge in [0, 0.05) is 7.05 Å². The van der Waals surface area contributed by atoms with Gasteiger partial charge in [-0.2, -0.15) is 0 Å². The molecule has 0 aliphatic carbocycles. The summed E-state index contributed by atoms with van der Waals surface area (Å²) in [5.41, 5.74) is 0.946. The molecule has 0 N–H and O–H groups in total. The zero-order valence-electron chi connectivity index (χ0n) is 10.2. The molecule has 0 bridgehead atoms. The van der Waals surface area contributed by atoms with Gasteiger partial charge in [-0.05, 0) is 19.4 Å². The van der Waals surface area contributed by atoms with Gasteiger partial charge in [0.1, 0.15) is 5.69 Å². The van der Waals surface area contributed by atoms with Crippen LogP contribution in [-0.2, 0) is 12.5 Å². The second-order valence-electron chi connectivity index (χ2n) is 4.56. The number of carbonyl (C=O) groups excluding carboxylic acids is 1. The lowest BCUT2D eigenvalue weighted by atomic mass is 9.79. The quantitative estimate of drug-likeness (QED) is 0.756. The Bertz CT molecular complexity index is 529. The molecule has 2 rings (SSSR count). The molecule has 4 heteroatoms. The summed E-state index contributed by atoms with van der Waals surface area (Å²) in [6.45, 7) is 3.83. The Balaban J connectivity index is 2.40. The van der Waals surface area contributed by atoms with Crippen molar-refractivity contribution in [3.05, 3.63) is 47.8 Å². The van der Waals surface area contributed by atoms with Crippen molar-refractivity contribution in [1.82, 2.24) is 15.0 Å². The highest BCUT2D eigenvalue weighted by Crippen LogP contribution is 2.26. The third-order valence-electron chi connectivity index (χ3n) is 3.01. The first-order valence-corrected chi connectivity index (χ1v) is 5.48. The van der Waals surface area contributed by atoms with Gasteiger partial charge in [-0.25, -0.2) is 4.68 Å². The topological polar surface area (TPSA) is 47.8 Å². The smallest absolute Gasteiger partial charge is 0.192 e. The van der Waals surface area contributed by atoms with Crippen LogP contribution in [0.5, 0.6) is 0 Å². The van der Waals surface area contributed by atoms with Gasteiger partial charge < -0.3 is 0 Å². The van der Waals surface area contributed by atoms with Gasteiger partial charge >= 0.3 is 0 Å². The summed E-state index contributed by atoms with van der Waals surface area (Å²) >= 11 is 0. The first kappa shape index (κ1) is 11.5. The number of ketones is 1. The van der Waals surface area contributed by atoms with Gasteiger partial charge in [0.15, 0.2) is 5.78 Å². The molecule has 1 aromatic carbocycles. The molecule has 17 heavy (non-hydrogen) atoms. The molecule has 0 spiro atoms. The molecule has 0 aliphatic heterocycles. The van der Waals surface area contributed by atoms with Gasteiger partial charge in [0.25, 0.3) is 0 Å². The molecule has 4 nitrogen and oxygen atoms in total. The number of hydrogen-bond donors (Lipinski definition) is 0. The fourth-order valence-electron chi connectivity index (χ4n) is 1.80. The highest BCUT2D eigenvalue weighted by Gasteiger charge is 2.32. The number of Topliss-reactive ketones (excluding diaryl/α,β-unsaturated/α-hetero) is 1. The SMILES string of the molecule is Cn1nncc1C(=O)C(C)(C)c1ccccc1. The Labute approximate surface area is 100 Å². The molecular formula is C13H15N3O. The number of carbonyl (C=O) groups is 1. The van der Waals surface area contributed by atoms with Gasteiger partial charge in [0.2, 0.25) is 0 Å². The number of hydrogen-bond acceptors (Lipinski definition) is 3. The number of nitrogens with zero attached hydrogens (tertiary/aromatic N) is 3. The second kappa shape index (κ2) is 4.13. The third-order valence-corrected chi connectivity index (χ3v) is 3.01. The minimum Gasteiger partial charge on any atom is -0.291 e. The summed E-state index contributed by atoms with van der Waals surface area (Å²) < 4.78 is 1.51. The number of rotatable bonds is 3. The molecule has 2 aromatic rings. The highest BCUT2D eigenvalue weighted by atomic mass is 16.1. The molecule has 0 fully saturated rings. The zero-order valence-corrected chi connectivity index (χ0v) is 10.2. The molecule has 1 heterocycles. The monoisotopic (exact) mass is 229 g/mol. The summed E-state index contributed by atoms with van der Waals surface area (Å²) in [6, 6.07) is 9.73. The fraction of sp³-hybridized carbons (Fsp3) is 0.308. The van der Waals surface area contributed by atoms with Crippen LogP contribution in [0.1, 0.15) is 29.9 Å². The zero-order chi connectivity index (χ0) is 12.5. The number of aryl methyl sites for hydroxylation is 1. The van der Waals surface area contributed by atoms with Gasteiger partial charge in [0.05, 0.1) is 11.6 Å². The summed E-state index contributed by atoms with van der Waals surface area (Å²) in [4.78, 5) is 12.4. The normalized spacial score (nSPS) is 11.5. The van der Waals surface area contributed by atoms with E-state index in [4.69, 9.17) is 0 Å². The van der Waals surface area contributed by atoms with Crippen LogP contribution >= 0.6 is 0 Å². The molecule has 88 valence electrons. The lowest BCUT2D eigenvalue weighted by molar-refractivity contribution is 0.0899. The highest BCUT2D eigenvalue weighted by molar-refractivity contribution is 6.02. The maximum atomic E-state index is 12.4. The van der Waals surface area contributed by atoms with Gasteiger partial charge in [-0.1, -0.05) is 35.5 Å². The van der Waals surface area contributed by atoms with E-state index in [9.17, 15) is 4.79 Å². The summed E-state index contributed by atoms with van der Waals surface area (Å²) in [5, 5.41) is 7.53. The maximum absolute atomic E-state index is 12.4. The molecule has 0 radical (unpaired) electrons. The van der Waals surface area contributed by atoms with E-state index in [1.165, 1.54) is 10.9 Å². The largest absolute Gasteiger partial charge is 0.291 e. The van der Waals surface area contributed by atoms with Crippen molar-refractivity contribution in [2.24, 2.45) is 7.05 Å². The predicted octanol–water partition coefficient (Wildman–Crippen LogP) is 1.98. The second-order valence-corrected chi connectivity index (χ2v) is 4.56. The van der Waals surface area contributed by atoms with Gasteiger partial charge in [-0.15, -0.1) is 5.10 Å². The Hall–Kier alpha value is -1.97. The predicted molar refractivity (Wildman–Crippen MR) is 64.8 cm³/mol.